The first-order chi connectivity index (χ1) is 17.9. The molecule has 4 rings (SSSR count). The number of morpholine rings is 1. The first-order valence-electron chi connectivity index (χ1n) is 12.3. The number of hydrogen-bond donors (Lipinski definition) is 1. The predicted octanol–water partition coefficient (Wildman–Crippen LogP) is 2.08. The molecule has 2 aromatic carbocycles. The first-order valence-corrected chi connectivity index (χ1v) is 12.3. The van der Waals surface area contributed by atoms with Crippen LogP contribution in [0.4, 0.5) is 0 Å². The molecule has 0 spiro atoms. The van der Waals surface area contributed by atoms with Crippen molar-refractivity contribution in [1.29, 1.82) is 0 Å². The summed E-state index contributed by atoms with van der Waals surface area (Å²) in [7, 11) is 7.87. The summed E-state index contributed by atoms with van der Waals surface area (Å²) in [4.78, 5) is 31.3. The number of carbonyl (C=O) groups is 2. The van der Waals surface area contributed by atoms with Crippen LogP contribution in [0.15, 0.2) is 30.3 Å². The van der Waals surface area contributed by atoms with Crippen molar-refractivity contribution in [2.24, 2.45) is 0 Å². The van der Waals surface area contributed by atoms with E-state index >= 15 is 0 Å². The van der Waals surface area contributed by atoms with Crippen molar-refractivity contribution in [3.8, 4) is 23.0 Å². The first kappa shape index (κ1) is 26.6. The van der Waals surface area contributed by atoms with Crippen LogP contribution < -0.4 is 24.3 Å². The Hall–Kier alpha value is -3.50. The third kappa shape index (κ3) is 5.30. The standard InChI is InChI=1S/C27H35N3O7/c1-29-25(17-6-7-20(33-2)21(14-17)34-3)24(26(31)28-8-9-30-10-12-37-13-11-30)18-15-22(35-4)23(36-5)16-19(18)27(29)32/h6-7,14-16,24-25H,8-13H2,1-5H3,(H,28,31)/t24-,25-/m1/s1. The van der Waals surface area contributed by atoms with Crippen LogP contribution in [0.3, 0.4) is 0 Å². The van der Waals surface area contributed by atoms with Gasteiger partial charge in [-0.15, -0.1) is 0 Å². The molecule has 0 radical (unpaired) electrons. The molecule has 2 amide bonds. The van der Waals surface area contributed by atoms with E-state index in [1.165, 1.54) is 14.2 Å². The predicted molar refractivity (Wildman–Crippen MR) is 137 cm³/mol. The topological polar surface area (TPSA) is 98.8 Å². The number of methoxy groups -OCH3 is 4. The van der Waals surface area contributed by atoms with Gasteiger partial charge in [-0.25, -0.2) is 0 Å². The number of likely N-dealkylation sites (N-methyl/N-ethyl adjacent to an activating group) is 1. The number of amides is 2. The summed E-state index contributed by atoms with van der Waals surface area (Å²) in [5.41, 5.74) is 1.75. The van der Waals surface area contributed by atoms with E-state index < -0.39 is 12.0 Å². The molecule has 2 aliphatic rings. The largest absolute Gasteiger partial charge is 0.493 e. The molecular weight excluding hydrogens is 478 g/mol. The number of nitrogens with one attached hydrogen (secondary N) is 1. The lowest BCUT2D eigenvalue weighted by molar-refractivity contribution is -0.124. The van der Waals surface area contributed by atoms with Gasteiger partial charge in [0.05, 0.1) is 53.6 Å². The number of benzene rings is 2. The summed E-state index contributed by atoms with van der Waals surface area (Å²) < 4.78 is 27.3. The van der Waals surface area contributed by atoms with Crippen molar-refractivity contribution in [2.45, 2.75) is 12.0 Å². The number of hydrogen-bond acceptors (Lipinski definition) is 8. The molecule has 1 fully saturated rings. The zero-order chi connectivity index (χ0) is 26.5. The Bertz CT molecular complexity index is 1130. The number of carbonyl (C=O) groups excluding carboxylic acids is 2. The Morgan fingerprint density at radius 3 is 2.22 bits per heavy atom. The fraction of sp³-hybridized carbons (Fsp3) is 0.481. The zero-order valence-corrected chi connectivity index (χ0v) is 22.0. The fourth-order valence-corrected chi connectivity index (χ4v) is 5.06. The van der Waals surface area contributed by atoms with Gasteiger partial charge in [0.25, 0.3) is 5.91 Å². The maximum Gasteiger partial charge on any atom is 0.254 e. The Morgan fingerprint density at radius 1 is 0.946 bits per heavy atom. The van der Waals surface area contributed by atoms with Crippen molar-refractivity contribution in [2.75, 3.05) is 74.9 Å². The summed E-state index contributed by atoms with van der Waals surface area (Å²) in [5, 5.41) is 3.11. The fourth-order valence-electron chi connectivity index (χ4n) is 5.06. The van der Waals surface area contributed by atoms with E-state index in [0.29, 0.717) is 53.9 Å². The van der Waals surface area contributed by atoms with Crippen molar-refractivity contribution < 1.29 is 33.3 Å². The minimum absolute atomic E-state index is 0.180. The molecule has 0 aromatic heterocycles. The molecule has 0 bridgehead atoms. The minimum atomic E-state index is -0.694. The second-order valence-electron chi connectivity index (χ2n) is 8.99. The lowest BCUT2D eigenvalue weighted by Gasteiger charge is -2.40. The second-order valence-corrected chi connectivity index (χ2v) is 8.99. The van der Waals surface area contributed by atoms with Crippen molar-refractivity contribution >= 4 is 11.8 Å². The van der Waals surface area contributed by atoms with Crippen molar-refractivity contribution in [1.82, 2.24) is 15.1 Å². The maximum absolute atomic E-state index is 13.8. The number of rotatable bonds is 9. The Kier molecular flexibility index (Phi) is 8.40. The van der Waals surface area contributed by atoms with E-state index in [2.05, 4.69) is 10.2 Å². The van der Waals surface area contributed by atoms with Gasteiger partial charge in [-0.2, -0.15) is 0 Å². The zero-order valence-electron chi connectivity index (χ0n) is 22.0. The number of ether oxygens (including phenoxy) is 5. The van der Waals surface area contributed by atoms with Crippen LogP contribution in [0.2, 0.25) is 0 Å². The van der Waals surface area contributed by atoms with E-state index in [1.807, 2.05) is 12.1 Å². The van der Waals surface area contributed by atoms with Crippen molar-refractivity contribution in [3.63, 3.8) is 0 Å². The van der Waals surface area contributed by atoms with Gasteiger partial charge in [0.15, 0.2) is 23.0 Å². The highest BCUT2D eigenvalue weighted by Gasteiger charge is 2.43. The van der Waals surface area contributed by atoms with E-state index in [-0.39, 0.29) is 11.8 Å². The highest BCUT2D eigenvalue weighted by Crippen LogP contribution is 2.46. The summed E-state index contributed by atoms with van der Waals surface area (Å²) >= 11 is 0. The van der Waals surface area contributed by atoms with Gasteiger partial charge in [-0.05, 0) is 35.4 Å². The van der Waals surface area contributed by atoms with Gasteiger partial charge in [0.1, 0.15) is 0 Å². The molecule has 2 atom stereocenters. The Morgan fingerprint density at radius 2 is 1.57 bits per heavy atom. The molecule has 37 heavy (non-hydrogen) atoms. The third-order valence-corrected chi connectivity index (χ3v) is 7.04. The average Bonchev–Trinajstić information content (AvgIpc) is 2.94. The summed E-state index contributed by atoms with van der Waals surface area (Å²) in [5.74, 6) is 0.879. The van der Waals surface area contributed by atoms with E-state index in [1.54, 1.807) is 44.4 Å². The quantitative estimate of drug-likeness (QED) is 0.544. The van der Waals surface area contributed by atoms with Crippen LogP contribution in [0.5, 0.6) is 23.0 Å². The van der Waals surface area contributed by atoms with Crippen LogP contribution in [0.25, 0.3) is 0 Å². The Labute approximate surface area is 217 Å². The smallest absolute Gasteiger partial charge is 0.254 e. The number of fused-ring (bicyclic) bond motifs is 1. The molecule has 1 N–H and O–H groups in total. The highest BCUT2D eigenvalue weighted by atomic mass is 16.5. The molecule has 2 heterocycles. The minimum Gasteiger partial charge on any atom is -0.493 e. The van der Waals surface area contributed by atoms with Gasteiger partial charge in [0.2, 0.25) is 5.91 Å². The van der Waals surface area contributed by atoms with Crippen LogP contribution in [0.1, 0.15) is 33.4 Å². The van der Waals surface area contributed by atoms with Crippen LogP contribution >= 0.6 is 0 Å². The maximum atomic E-state index is 13.8. The van der Waals surface area contributed by atoms with Gasteiger partial charge < -0.3 is 33.9 Å². The molecule has 200 valence electrons. The van der Waals surface area contributed by atoms with E-state index in [9.17, 15) is 9.59 Å². The van der Waals surface area contributed by atoms with Crippen LogP contribution in [0, 0.1) is 0 Å². The highest BCUT2D eigenvalue weighted by molar-refractivity contribution is 6.02. The molecule has 0 unspecified atom stereocenters. The average molecular weight is 514 g/mol. The lowest BCUT2D eigenvalue weighted by Crippen LogP contribution is -2.47. The molecule has 2 aromatic rings. The molecule has 0 aliphatic carbocycles. The Balaban J connectivity index is 1.74. The molecule has 10 nitrogen and oxygen atoms in total. The van der Waals surface area contributed by atoms with Gasteiger partial charge in [0, 0.05) is 38.8 Å². The SMILES string of the molecule is COc1ccc([C@@H]2[C@H](C(=O)NCCN3CCOCC3)c3cc(OC)c(OC)cc3C(=O)N2C)cc1OC. The third-order valence-electron chi connectivity index (χ3n) is 7.04. The van der Waals surface area contributed by atoms with Gasteiger partial charge in [-0.3, -0.25) is 14.5 Å². The monoisotopic (exact) mass is 513 g/mol. The van der Waals surface area contributed by atoms with Crippen molar-refractivity contribution in [3.05, 3.63) is 47.0 Å². The van der Waals surface area contributed by atoms with E-state index in [0.717, 1.165) is 25.2 Å². The lowest BCUT2D eigenvalue weighted by atomic mass is 9.79. The molecule has 0 saturated carbocycles. The molecular formula is C27H35N3O7. The van der Waals surface area contributed by atoms with E-state index in [4.69, 9.17) is 23.7 Å². The molecule has 2 aliphatic heterocycles. The summed E-state index contributed by atoms with van der Waals surface area (Å²) in [6, 6.07) is 8.25. The van der Waals surface area contributed by atoms with Crippen LogP contribution in [-0.4, -0.2) is 96.5 Å². The van der Waals surface area contributed by atoms with Crippen LogP contribution in [-0.2, 0) is 9.53 Å². The normalized spacial score (nSPS) is 19.7. The van der Waals surface area contributed by atoms with Gasteiger partial charge in [-0.1, -0.05) is 6.07 Å². The molecule has 10 heteroatoms. The second kappa shape index (κ2) is 11.7. The number of nitrogens with zero attached hydrogens (tertiary/aromatic N) is 2. The van der Waals surface area contributed by atoms with Gasteiger partial charge >= 0.3 is 0 Å². The summed E-state index contributed by atoms with van der Waals surface area (Å²) in [6.45, 7) is 4.26. The summed E-state index contributed by atoms with van der Waals surface area (Å²) in [6.07, 6.45) is 0. The molecule has 1 saturated heterocycles.